The molecule has 0 radical (unpaired) electrons. The highest BCUT2D eigenvalue weighted by molar-refractivity contribution is 7.99. The van der Waals surface area contributed by atoms with Crippen LogP contribution in [0.4, 0.5) is 0 Å². The SMILES string of the molecule is CCCCCCCCCCCCn1c(-n2nc(Cc3cccc(-c4cc(-c5ccccc5)c(C#N)c(SCC(O)CC(=O)CCCCCCCC)n4)c3)cc2C)nc2c1c(=O)[nH]c(=O)n2C. The van der Waals surface area contributed by atoms with Crippen molar-refractivity contribution in [1.82, 2.24) is 33.9 Å². The van der Waals surface area contributed by atoms with Crippen molar-refractivity contribution in [3.63, 3.8) is 0 Å². The number of ketones is 1. The van der Waals surface area contributed by atoms with E-state index < -0.39 is 17.4 Å². The predicted molar refractivity (Wildman–Crippen MR) is 266 cm³/mol. The molecule has 0 spiro atoms. The van der Waals surface area contributed by atoms with Crippen LogP contribution < -0.4 is 11.2 Å². The smallest absolute Gasteiger partial charge is 0.329 e. The molecular weight excluding hydrogens is 845 g/mol. The molecule has 12 nitrogen and oxygen atoms in total. The first kappa shape index (κ1) is 49.8. The summed E-state index contributed by atoms with van der Waals surface area (Å²) < 4.78 is 5.06. The molecule has 1 atom stereocenters. The molecule has 0 aliphatic rings. The summed E-state index contributed by atoms with van der Waals surface area (Å²) in [7, 11) is 1.62. The lowest BCUT2D eigenvalue weighted by Crippen LogP contribution is -2.29. The molecule has 2 N–H and O–H groups in total. The minimum Gasteiger partial charge on any atom is -0.392 e. The largest absolute Gasteiger partial charge is 0.392 e. The van der Waals surface area contributed by atoms with E-state index in [0.717, 1.165) is 72.2 Å². The minimum atomic E-state index is -0.852. The van der Waals surface area contributed by atoms with Gasteiger partial charge in [0.15, 0.2) is 11.2 Å². The van der Waals surface area contributed by atoms with E-state index in [1.165, 1.54) is 80.5 Å². The summed E-state index contributed by atoms with van der Waals surface area (Å²) >= 11 is 1.31. The van der Waals surface area contributed by atoms with Gasteiger partial charge < -0.3 is 9.67 Å². The van der Waals surface area contributed by atoms with Crippen LogP contribution in [0.1, 0.15) is 152 Å². The number of rotatable bonds is 28. The quantitative estimate of drug-likeness (QED) is 0.0360. The standard InChI is InChI=1S/C53H68N8O4S/c1-5-7-9-11-13-14-15-16-18-23-30-60-48-49(59(4)53(65)57-50(48)64)56-52(60)61-38(3)31-42(58-61)33-39-25-24-28-41(32-39)47-35-45(40-26-20-19-21-27-40)46(36-54)51(55-47)66-37-44(63)34-43(62)29-22-17-12-10-8-6-2/h19-21,24-28,31-32,35,44,63H,5-18,22-23,29-30,33-34,37H2,1-4H3,(H,57,64,65). The van der Waals surface area contributed by atoms with Gasteiger partial charge in [-0.25, -0.2) is 14.5 Å². The molecule has 0 aliphatic carbocycles. The zero-order valence-corrected chi connectivity index (χ0v) is 40.3. The van der Waals surface area contributed by atoms with Crippen molar-refractivity contribution in [1.29, 1.82) is 5.26 Å². The number of thioether (sulfide) groups is 1. The van der Waals surface area contributed by atoms with Crippen molar-refractivity contribution in [3.05, 3.63) is 110 Å². The van der Waals surface area contributed by atoms with Crippen LogP contribution >= 0.6 is 11.8 Å². The Hall–Kier alpha value is -5.58. The highest BCUT2D eigenvalue weighted by Crippen LogP contribution is 2.35. The monoisotopic (exact) mass is 913 g/mol. The Balaban J connectivity index is 1.21. The number of fused-ring (bicyclic) bond motifs is 1. The molecule has 4 heterocycles. The number of hydrogen-bond acceptors (Lipinski definition) is 9. The summed E-state index contributed by atoms with van der Waals surface area (Å²) in [4.78, 5) is 51.0. The van der Waals surface area contributed by atoms with Gasteiger partial charge in [0.25, 0.3) is 5.56 Å². The van der Waals surface area contributed by atoms with E-state index in [9.17, 15) is 24.8 Å². The topological polar surface area (TPSA) is 164 Å². The van der Waals surface area contributed by atoms with Gasteiger partial charge in [-0.3, -0.25) is 19.1 Å². The van der Waals surface area contributed by atoms with Gasteiger partial charge in [-0.2, -0.15) is 15.3 Å². The number of unbranched alkanes of at least 4 members (excludes halogenated alkanes) is 14. The number of nitrogens with zero attached hydrogens (tertiary/aromatic N) is 7. The highest BCUT2D eigenvalue weighted by Gasteiger charge is 2.22. The fourth-order valence-electron chi connectivity index (χ4n) is 8.66. The first-order valence-corrected chi connectivity index (χ1v) is 25.3. The Labute approximate surface area is 393 Å². The van der Waals surface area contributed by atoms with Crippen LogP contribution in [-0.2, 0) is 24.8 Å². The van der Waals surface area contributed by atoms with Gasteiger partial charge >= 0.3 is 5.69 Å². The fourth-order valence-corrected chi connectivity index (χ4v) is 9.59. The zero-order chi connectivity index (χ0) is 46.8. The molecular formula is C53H68N8O4S. The number of aromatic nitrogens is 7. The molecule has 0 bridgehead atoms. The first-order chi connectivity index (χ1) is 32.1. The minimum absolute atomic E-state index is 0.0628. The molecule has 4 aromatic heterocycles. The predicted octanol–water partition coefficient (Wildman–Crippen LogP) is 11.2. The number of aromatic amines is 1. The number of carbonyl (C=O) groups is 1. The fraction of sp³-hybridized carbons (Fsp3) is 0.491. The summed E-state index contributed by atoms with van der Waals surface area (Å²) in [6.45, 7) is 6.96. The van der Waals surface area contributed by atoms with Gasteiger partial charge in [0.05, 0.1) is 23.1 Å². The van der Waals surface area contributed by atoms with Crippen LogP contribution in [0.15, 0.2) is 81.3 Å². The van der Waals surface area contributed by atoms with Crippen molar-refractivity contribution < 1.29 is 9.90 Å². The molecule has 0 fully saturated rings. The van der Waals surface area contributed by atoms with Crippen LogP contribution in [-0.4, -0.2) is 56.6 Å². The molecule has 2 aromatic carbocycles. The van der Waals surface area contributed by atoms with Gasteiger partial charge in [0, 0.05) is 55.4 Å². The van der Waals surface area contributed by atoms with E-state index in [0.29, 0.717) is 52.8 Å². The molecule has 0 saturated heterocycles. The van der Waals surface area contributed by atoms with Crippen LogP contribution in [0, 0.1) is 18.3 Å². The number of H-pyrrole nitrogens is 1. The number of benzene rings is 2. The van der Waals surface area contributed by atoms with Gasteiger partial charge in [0.1, 0.15) is 16.9 Å². The Bertz CT molecular complexity index is 2670. The number of aryl methyl sites for hydroxylation is 3. The van der Waals surface area contributed by atoms with Crippen molar-refractivity contribution in [2.75, 3.05) is 5.75 Å². The second kappa shape index (κ2) is 25.4. The van der Waals surface area contributed by atoms with Gasteiger partial charge in [0.2, 0.25) is 5.95 Å². The van der Waals surface area contributed by atoms with E-state index in [4.69, 9.17) is 15.1 Å². The van der Waals surface area contributed by atoms with Gasteiger partial charge in [-0.15, -0.1) is 11.8 Å². The maximum atomic E-state index is 13.3. The van der Waals surface area contributed by atoms with Crippen LogP contribution in [0.3, 0.4) is 0 Å². The maximum Gasteiger partial charge on any atom is 0.329 e. The number of nitriles is 1. The van der Waals surface area contributed by atoms with E-state index >= 15 is 0 Å². The molecule has 13 heteroatoms. The highest BCUT2D eigenvalue weighted by atomic mass is 32.2. The number of aliphatic hydroxyl groups is 1. The lowest BCUT2D eigenvalue weighted by molar-refractivity contribution is -0.120. The summed E-state index contributed by atoms with van der Waals surface area (Å²) in [5, 5.41) is 27.0. The number of Topliss-reactive ketones (excluding diaryl/α,β-unsaturated/α-hetero) is 1. The molecule has 66 heavy (non-hydrogen) atoms. The van der Waals surface area contributed by atoms with Gasteiger partial charge in [-0.1, -0.05) is 152 Å². The van der Waals surface area contributed by atoms with Crippen molar-refractivity contribution in [2.24, 2.45) is 7.05 Å². The average Bonchev–Trinajstić information content (AvgIpc) is 3.88. The molecule has 0 saturated carbocycles. The first-order valence-electron chi connectivity index (χ1n) is 24.3. The Morgan fingerprint density at radius 1 is 0.818 bits per heavy atom. The van der Waals surface area contributed by atoms with E-state index in [-0.39, 0.29) is 18.0 Å². The Morgan fingerprint density at radius 2 is 1.47 bits per heavy atom. The molecule has 0 aliphatic heterocycles. The maximum absolute atomic E-state index is 13.3. The normalized spacial score (nSPS) is 11.9. The van der Waals surface area contributed by atoms with E-state index in [2.05, 4.69) is 31.0 Å². The molecule has 1 unspecified atom stereocenters. The van der Waals surface area contributed by atoms with Crippen LogP contribution in [0.25, 0.3) is 39.5 Å². The van der Waals surface area contributed by atoms with Crippen LogP contribution in [0.2, 0.25) is 0 Å². The van der Waals surface area contributed by atoms with Crippen LogP contribution in [0.5, 0.6) is 0 Å². The lowest BCUT2D eigenvalue weighted by atomic mass is 9.98. The summed E-state index contributed by atoms with van der Waals surface area (Å²) in [6, 6.07) is 24.2. The van der Waals surface area contributed by atoms with E-state index in [1.807, 2.05) is 72.2 Å². The molecule has 6 aromatic rings. The summed E-state index contributed by atoms with van der Waals surface area (Å²) in [5.74, 6) is 0.798. The Morgan fingerprint density at radius 3 is 2.15 bits per heavy atom. The number of hydrogen-bond donors (Lipinski definition) is 2. The number of carbonyl (C=O) groups excluding carboxylic acids is 1. The van der Waals surface area contributed by atoms with Gasteiger partial charge in [-0.05, 0) is 49.1 Å². The Kier molecular flexibility index (Phi) is 19.2. The third-order valence-corrected chi connectivity index (χ3v) is 13.4. The van der Waals surface area contributed by atoms with Crippen molar-refractivity contribution in [3.8, 4) is 34.4 Å². The number of imidazole rings is 1. The lowest BCUT2D eigenvalue weighted by Gasteiger charge is -2.15. The number of nitrogens with one attached hydrogen (secondary N) is 1. The zero-order valence-electron chi connectivity index (χ0n) is 39.5. The summed E-state index contributed by atoms with van der Waals surface area (Å²) in [6.07, 6.45) is 18.8. The van der Waals surface area contributed by atoms with Crippen molar-refractivity contribution in [2.45, 2.75) is 160 Å². The molecule has 6 rings (SSSR count). The second-order valence-corrected chi connectivity index (χ2v) is 18.7. The average molecular weight is 913 g/mol. The van der Waals surface area contributed by atoms with E-state index in [1.54, 1.807) is 11.7 Å². The second-order valence-electron chi connectivity index (χ2n) is 17.7. The summed E-state index contributed by atoms with van der Waals surface area (Å²) in [5.41, 5.74) is 5.96. The number of pyridine rings is 1. The third-order valence-electron chi connectivity index (χ3n) is 12.3. The molecule has 350 valence electrons. The third kappa shape index (κ3) is 13.5. The van der Waals surface area contributed by atoms with Crippen molar-refractivity contribution >= 4 is 28.7 Å². The molecule has 0 amide bonds. The number of aliphatic hydroxyl groups excluding tert-OH is 1.